The zero-order valence-electron chi connectivity index (χ0n) is 9.95. The Kier molecular flexibility index (Phi) is 3.97. The summed E-state index contributed by atoms with van der Waals surface area (Å²) in [5.41, 5.74) is 0.162. The third-order valence-corrected chi connectivity index (χ3v) is 3.89. The number of carbonyl (C=O) groups excluding carboxylic acids is 1. The molecule has 2 N–H and O–H groups in total. The first-order chi connectivity index (χ1) is 9.08. The van der Waals surface area contributed by atoms with E-state index in [4.69, 9.17) is 5.11 Å². The zero-order valence-corrected chi connectivity index (χ0v) is 10.8. The van der Waals surface area contributed by atoms with E-state index < -0.39 is 10.8 Å². The Morgan fingerprint density at radius 3 is 2.26 bits per heavy atom. The van der Waals surface area contributed by atoms with Crippen LogP contribution < -0.4 is 0 Å². The predicted molar refractivity (Wildman–Crippen MR) is 71.8 cm³/mol. The number of carbonyl (C=O) groups is 1. The zero-order chi connectivity index (χ0) is 13.8. The minimum Gasteiger partial charge on any atom is -0.508 e. The highest BCUT2D eigenvalue weighted by Crippen LogP contribution is 2.18. The molecule has 0 aliphatic rings. The molecule has 0 bridgehead atoms. The summed E-state index contributed by atoms with van der Waals surface area (Å²) >= 11 is 0. The number of phenolic OH excluding ortho intramolecular Hbond substituents is 2. The van der Waals surface area contributed by atoms with Gasteiger partial charge in [-0.25, -0.2) is 0 Å². The second-order valence-electron chi connectivity index (χ2n) is 3.92. The summed E-state index contributed by atoms with van der Waals surface area (Å²) in [5.74, 6) is -0.630. The van der Waals surface area contributed by atoms with E-state index in [9.17, 15) is 14.1 Å². The van der Waals surface area contributed by atoms with Crippen molar-refractivity contribution >= 4 is 16.6 Å². The van der Waals surface area contributed by atoms with E-state index in [-0.39, 0.29) is 28.6 Å². The summed E-state index contributed by atoms with van der Waals surface area (Å²) in [6.07, 6.45) is 0. The maximum absolute atomic E-state index is 12.0. The third kappa shape index (κ3) is 3.20. The molecule has 0 spiro atoms. The van der Waals surface area contributed by atoms with E-state index in [2.05, 4.69) is 0 Å². The number of para-hydroxylation sites is 1. The van der Waals surface area contributed by atoms with Crippen LogP contribution >= 0.6 is 0 Å². The fourth-order valence-electron chi connectivity index (χ4n) is 1.59. The van der Waals surface area contributed by atoms with Gasteiger partial charge in [0.15, 0.2) is 5.78 Å². The number of aromatic hydroxyl groups is 2. The maximum atomic E-state index is 12.0. The van der Waals surface area contributed by atoms with Gasteiger partial charge in [0.2, 0.25) is 0 Å². The Morgan fingerprint density at radius 1 is 1.00 bits per heavy atom. The van der Waals surface area contributed by atoms with Crippen LogP contribution in [0, 0.1) is 0 Å². The Balaban J connectivity index is 2.13. The van der Waals surface area contributed by atoms with E-state index in [0.717, 1.165) is 0 Å². The lowest BCUT2D eigenvalue weighted by atomic mass is 10.1. The molecule has 0 saturated heterocycles. The Bertz CT molecular complexity index is 620. The number of phenols is 2. The summed E-state index contributed by atoms with van der Waals surface area (Å²) in [4.78, 5) is 12.4. The molecule has 98 valence electrons. The van der Waals surface area contributed by atoms with Crippen LogP contribution in [0.25, 0.3) is 0 Å². The molecule has 2 aromatic carbocycles. The highest BCUT2D eigenvalue weighted by Gasteiger charge is 2.15. The lowest BCUT2D eigenvalue weighted by molar-refractivity contribution is 0.101. The topological polar surface area (TPSA) is 74.6 Å². The molecule has 1 unspecified atom stereocenters. The fraction of sp³-hybridized carbons (Fsp3) is 0.0714. The first-order valence-corrected chi connectivity index (χ1v) is 6.88. The average Bonchev–Trinajstić information content (AvgIpc) is 2.39. The van der Waals surface area contributed by atoms with Gasteiger partial charge in [-0.2, -0.15) is 0 Å². The average molecular weight is 276 g/mol. The van der Waals surface area contributed by atoms with Gasteiger partial charge in [0.25, 0.3) is 0 Å². The number of Topliss-reactive ketones (excluding diaryl/α,β-unsaturated/α-hetero) is 1. The fourth-order valence-corrected chi connectivity index (χ4v) is 2.59. The number of ketones is 1. The van der Waals surface area contributed by atoms with Crippen molar-refractivity contribution in [1.82, 2.24) is 0 Å². The molecule has 0 amide bonds. The molecule has 0 heterocycles. The summed E-state index contributed by atoms with van der Waals surface area (Å²) in [6, 6.07) is 12.0. The number of benzene rings is 2. The normalized spacial score (nSPS) is 12.0. The molecule has 0 fully saturated rings. The van der Waals surface area contributed by atoms with Gasteiger partial charge < -0.3 is 10.2 Å². The smallest absolute Gasteiger partial charge is 0.179 e. The highest BCUT2D eigenvalue weighted by atomic mass is 32.2. The van der Waals surface area contributed by atoms with Crippen molar-refractivity contribution in [2.75, 3.05) is 5.75 Å². The van der Waals surface area contributed by atoms with Gasteiger partial charge in [-0.3, -0.25) is 9.00 Å². The number of rotatable bonds is 4. The van der Waals surface area contributed by atoms with Gasteiger partial charge in [0.1, 0.15) is 11.5 Å². The molecule has 0 saturated carbocycles. The molecule has 2 rings (SSSR count). The van der Waals surface area contributed by atoms with Crippen molar-refractivity contribution in [3.05, 3.63) is 54.1 Å². The number of hydrogen-bond donors (Lipinski definition) is 2. The van der Waals surface area contributed by atoms with E-state index in [1.807, 2.05) is 0 Å². The molecule has 2 aromatic rings. The first-order valence-electron chi connectivity index (χ1n) is 5.56. The maximum Gasteiger partial charge on any atom is 0.179 e. The Morgan fingerprint density at radius 2 is 1.63 bits per heavy atom. The summed E-state index contributed by atoms with van der Waals surface area (Å²) in [5, 5.41) is 18.7. The van der Waals surface area contributed by atoms with Crippen LogP contribution in [0.4, 0.5) is 0 Å². The molecule has 19 heavy (non-hydrogen) atoms. The van der Waals surface area contributed by atoms with Gasteiger partial charge in [0, 0.05) is 4.90 Å². The van der Waals surface area contributed by atoms with E-state index in [1.165, 1.54) is 36.4 Å². The van der Waals surface area contributed by atoms with Crippen molar-refractivity contribution in [3.8, 4) is 11.5 Å². The molecule has 5 heteroatoms. The number of hydrogen-bond acceptors (Lipinski definition) is 4. The van der Waals surface area contributed by atoms with Crippen molar-refractivity contribution in [2.24, 2.45) is 0 Å². The van der Waals surface area contributed by atoms with Gasteiger partial charge in [0.05, 0.1) is 22.1 Å². The Hall–Kier alpha value is -2.14. The molecular weight excluding hydrogens is 264 g/mol. The van der Waals surface area contributed by atoms with E-state index >= 15 is 0 Å². The van der Waals surface area contributed by atoms with Crippen molar-refractivity contribution in [2.45, 2.75) is 4.90 Å². The van der Waals surface area contributed by atoms with Crippen LogP contribution in [0.3, 0.4) is 0 Å². The van der Waals surface area contributed by atoms with Crippen LogP contribution in [0.1, 0.15) is 10.4 Å². The third-order valence-electron chi connectivity index (χ3n) is 2.57. The van der Waals surface area contributed by atoms with E-state index in [1.54, 1.807) is 12.1 Å². The van der Waals surface area contributed by atoms with Crippen LogP contribution in [0.15, 0.2) is 53.4 Å². The van der Waals surface area contributed by atoms with Gasteiger partial charge >= 0.3 is 0 Å². The SMILES string of the molecule is O=C(CS(=O)c1ccc(O)cc1)c1ccccc1O. The lowest BCUT2D eigenvalue weighted by Gasteiger charge is -2.04. The lowest BCUT2D eigenvalue weighted by Crippen LogP contribution is -2.11. The van der Waals surface area contributed by atoms with Gasteiger partial charge in [-0.05, 0) is 36.4 Å². The van der Waals surface area contributed by atoms with Crippen LogP contribution in [-0.2, 0) is 10.8 Å². The second-order valence-corrected chi connectivity index (χ2v) is 5.38. The molecule has 0 aliphatic carbocycles. The van der Waals surface area contributed by atoms with Gasteiger partial charge in [-0.15, -0.1) is 0 Å². The molecule has 0 radical (unpaired) electrons. The van der Waals surface area contributed by atoms with Crippen LogP contribution in [0.5, 0.6) is 11.5 Å². The van der Waals surface area contributed by atoms with Crippen LogP contribution in [-0.4, -0.2) is 26.0 Å². The minimum absolute atomic E-state index is 0.0766. The molecule has 0 aliphatic heterocycles. The largest absolute Gasteiger partial charge is 0.508 e. The minimum atomic E-state index is -1.50. The second kappa shape index (κ2) is 5.67. The van der Waals surface area contributed by atoms with Gasteiger partial charge in [-0.1, -0.05) is 12.1 Å². The predicted octanol–water partition coefficient (Wildman–Crippen LogP) is 2.09. The van der Waals surface area contributed by atoms with Crippen molar-refractivity contribution < 1.29 is 19.2 Å². The highest BCUT2D eigenvalue weighted by molar-refractivity contribution is 7.85. The molecule has 0 aromatic heterocycles. The van der Waals surface area contributed by atoms with Crippen molar-refractivity contribution in [3.63, 3.8) is 0 Å². The monoisotopic (exact) mass is 276 g/mol. The summed E-state index contributed by atoms with van der Waals surface area (Å²) in [6.45, 7) is 0. The molecular formula is C14H12O4S. The molecule has 4 nitrogen and oxygen atoms in total. The quantitative estimate of drug-likeness (QED) is 0.838. The first kappa shape index (κ1) is 13.3. The van der Waals surface area contributed by atoms with Crippen molar-refractivity contribution in [1.29, 1.82) is 0 Å². The Labute approximate surface area is 112 Å². The van der Waals surface area contributed by atoms with Crippen LogP contribution in [0.2, 0.25) is 0 Å². The summed E-state index contributed by atoms with van der Waals surface area (Å²) < 4.78 is 12.0. The standard InChI is InChI=1S/C14H12O4S/c15-10-5-7-11(8-6-10)19(18)9-14(17)12-3-1-2-4-13(12)16/h1-8,15-16H,9H2. The molecule has 1 atom stereocenters. The van der Waals surface area contributed by atoms with E-state index in [0.29, 0.717) is 4.90 Å². The summed E-state index contributed by atoms with van der Waals surface area (Å²) in [7, 11) is -1.50.